The van der Waals surface area contributed by atoms with Gasteiger partial charge in [-0.05, 0) is 67.3 Å². The minimum absolute atomic E-state index is 0.0276. The number of hydrogen-bond acceptors (Lipinski definition) is 5. The molecule has 0 radical (unpaired) electrons. The number of hydrogen-bond donors (Lipinski definition) is 2. The van der Waals surface area contributed by atoms with Gasteiger partial charge in [0.1, 0.15) is 17.6 Å². The number of ether oxygens (including phenoxy) is 1. The largest absolute Gasteiger partial charge is 0.497 e. The highest BCUT2D eigenvalue weighted by Crippen LogP contribution is 2.36. The second-order valence-electron chi connectivity index (χ2n) is 10.4. The number of carbonyl (C=O) groups excluding carboxylic acids is 3. The summed E-state index contributed by atoms with van der Waals surface area (Å²) in [6.45, 7) is 0. The van der Waals surface area contributed by atoms with Crippen molar-refractivity contribution in [3.8, 4) is 5.75 Å². The first kappa shape index (κ1) is 31.5. The number of alkyl halides is 3. The maximum Gasteiger partial charge on any atom is 0.416 e. The molecular weight excluding hydrogens is 561 g/mol. The molecule has 2 aromatic carbocycles. The van der Waals surface area contributed by atoms with Crippen molar-refractivity contribution in [2.75, 3.05) is 17.3 Å². The Morgan fingerprint density at radius 3 is 2.37 bits per heavy atom. The van der Waals surface area contributed by atoms with E-state index < -0.39 is 29.6 Å². The van der Waals surface area contributed by atoms with Gasteiger partial charge in [0.15, 0.2) is 0 Å². The van der Waals surface area contributed by atoms with Gasteiger partial charge in [0.25, 0.3) is 0 Å². The summed E-state index contributed by atoms with van der Waals surface area (Å²) in [7, 11) is 1.49. The SMILES string of the molecule is COc1ccc([C@H](C(=O)NC2CCCCC2)N(C(=O)CCCC(=O)Nc2ccccn2)c2cccc(C(F)(F)F)c2)cc1. The number of nitrogens with one attached hydrogen (secondary N) is 2. The summed E-state index contributed by atoms with van der Waals surface area (Å²) in [4.78, 5) is 45.4. The maximum atomic E-state index is 13.9. The minimum atomic E-state index is -4.66. The lowest BCUT2D eigenvalue weighted by Gasteiger charge is -2.34. The zero-order chi connectivity index (χ0) is 30.8. The van der Waals surface area contributed by atoms with Crippen LogP contribution in [-0.4, -0.2) is 35.9 Å². The van der Waals surface area contributed by atoms with Crippen molar-refractivity contribution < 1.29 is 32.3 Å². The number of aromatic nitrogens is 1. The third kappa shape index (κ3) is 8.79. The summed E-state index contributed by atoms with van der Waals surface area (Å²) in [5.41, 5.74) is -0.608. The van der Waals surface area contributed by atoms with Crippen molar-refractivity contribution in [2.45, 2.75) is 69.6 Å². The summed E-state index contributed by atoms with van der Waals surface area (Å²) in [5, 5.41) is 5.69. The second kappa shape index (κ2) is 14.7. The molecular formula is C32H35F3N4O4. The van der Waals surface area contributed by atoms with Crippen LogP contribution in [0.1, 0.15) is 68.5 Å². The van der Waals surface area contributed by atoms with Crippen molar-refractivity contribution >= 4 is 29.2 Å². The van der Waals surface area contributed by atoms with Gasteiger partial charge in [-0.1, -0.05) is 43.5 Å². The van der Waals surface area contributed by atoms with Crippen LogP contribution in [0.4, 0.5) is 24.7 Å². The molecule has 4 rings (SSSR count). The van der Waals surface area contributed by atoms with Gasteiger partial charge >= 0.3 is 6.18 Å². The van der Waals surface area contributed by atoms with Crippen LogP contribution in [0.5, 0.6) is 5.75 Å². The van der Waals surface area contributed by atoms with Gasteiger partial charge in [-0.15, -0.1) is 0 Å². The molecule has 3 amide bonds. The Balaban J connectivity index is 1.65. The van der Waals surface area contributed by atoms with Gasteiger partial charge in [0, 0.05) is 30.8 Å². The minimum Gasteiger partial charge on any atom is -0.497 e. The van der Waals surface area contributed by atoms with E-state index in [4.69, 9.17) is 4.74 Å². The van der Waals surface area contributed by atoms with Crippen molar-refractivity contribution in [1.82, 2.24) is 10.3 Å². The van der Waals surface area contributed by atoms with Crippen molar-refractivity contribution in [3.05, 3.63) is 84.1 Å². The smallest absolute Gasteiger partial charge is 0.416 e. The van der Waals surface area contributed by atoms with Gasteiger partial charge in [0.2, 0.25) is 17.7 Å². The number of carbonyl (C=O) groups is 3. The third-order valence-corrected chi connectivity index (χ3v) is 7.34. The predicted molar refractivity (Wildman–Crippen MR) is 156 cm³/mol. The van der Waals surface area contributed by atoms with Crippen LogP contribution in [0.25, 0.3) is 0 Å². The summed E-state index contributed by atoms with van der Waals surface area (Å²) in [6, 6.07) is 14.6. The van der Waals surface area contributed by atoms with E-state index in [0.29, 0.717) is 17.1 Å². The van der Waals surface area contributed by atoms with Crippen molar-refractivity contribution in [2.24, 2.45) is 0 Å². The number of methoxy groups -OCH3 is 1. The summed E-state index contributed by atoms with van der Waals surface area (Å²) in [5.74, 6) is -0.561. The Bertz CT molecular complexity index is 1380. The van der Waals surface area contributed by atoms with Crippen LogP contribution < -0.4 is 20.3 Å². The molecule has 1 aliphatic carbocycles. The highest BCUT2D eigenvalue weighted by atomic mass is 19.4. The van der Waals surface area contributed by atoms with Crippen LogP contribution in [0.2, 0.25) is 0 Å². The lowest BCUT2D eigenvalue weighted by atomic mass is 9.94. The molecule has 8 nitrogen and oxygen atoms in total. The molecule has 1 heterocycles. The highest BCUT2D eigenvalue weighted by Gasteiger charge is 2.36. The maximum absolute atomic E-state index is 13.9. The number of rotatable bonds is 11. The Labute approximate surface area is 248 Å². The van der Waals surface area contributed by atoms with E-state index in [2.05, 4.69) is 15.6 Å². The fraction of sp³-hybridized carbons (Fsp3) is 0.375. The van der Waals surface area contributed by atoms with Crippen LogP contribution in [0.15, 0.2) is 72.9 Å². The molecule has 1 aromatic heterocycles. The predicted octanol–water partition coefficient (Wildman–Crippen LogP) is 6.44. The molecule has 0 bridgehead atoms. The van der Waals surface area contributed by atoms with Gasteiger partial charge in [-0.2, -0.15) is 13.2 Å². The molecule has 1 saturated carbocycles. The van der Waals surface area contributed by atoms with Gasteiger partial charge < -0.3 is 15.4 Å². The fourth-order valence-electron chi connectivity index (χ4n) is 5.16. The van der Waals surface area contributed by atoms with Crippen LogP contribution in [0, 0.1) is 0 Å². The van der Waals surface area contributed by atoms with Crippen LogP contribution in [-0.2, 0) is 20.6 Å². The van der Waals surface area contributed by atoms with Gasteiger partial charge in [-0.3, -0.25) is 19.3 Å². The molecule has 1 aliphatic rings. The van der Waals surface area contributed by atoms with Gasteiger partial charge in [-0.25, -0.2) is 4.98 Å². The highest BCUT2D eigenvalue weighted by molar-refractivity contribution is 6.01. The number of halogens is 3. The molecule has 0 aliphatic heterocycles. The summed E-state index contributed by atoms with van der Waals surface area (Å²) >= 11 is 0. The number of pyridine rings is 1. The number of benzene rings is 2. The molecule has 43 heavy (non-hydrogen) atoms. The molecule has 1 atom stereocenters. The first-order valence-corrected chi connectivity index (χ1v) is 14.3. The molecule has 1 fully saturated rings. The van der Waals surface area contributed by atoms with E-state index in [1.165, 1.54) is 25.4 Å². The van der Waals surface area contributed by atoms with Crippen molar-refractivity contribution in [1.29, 1.82) is 0 Å². The molecule has 2 N–H and O–H groups in total. The zero-order valence-electron chi connectivity index (χ0n) is 23.9. The monoisotopic (exact) mass is 596 g/mol. The number of amides is 3. The number of nitrogens with zero attached hydrogens (tertiary/aromatic N) is 2. The van der Waals surface area contributed by atoms with E-state index in [1.54, 1.807) is 42.5 Å². The average molecular weight is 597 g/mol. The molecule has 3 aromatic rings. The molecule has 0 unspecified atom stereocenters. The van der Waals surface area contributed by atoms with Crippen LogP contribution in [0.3, 0.4) is 0 Å². The molecule has 228 valence electrons. The van der Waals surface area contributed by atoms with E-state index in [-0.39, 0.29) is 36.9 Å². The quantitative estimate of drug-likeness (QED) is 0.265. The lowest BCUT2D eigenvalue weighted by Crippen LogP contribution is -2.47. The second-order valence-corrected chi connectivity index (χ2v) is 10.4. The average Bonchev–Trinajstić information content (AvgIpc) is 3.00. The molecule has 11 heteroatoms. The Hall–Kier alpha value is -4.41. The Morgan fingerprint density at radius 1 is 0.977 bits per heavy atom. The summed E-state index contributed by atoms with van der Waals surface area (Å²) < 4.78 is 46.4. The van der Waals surface area contributed by atoms with E-state index >= 15 is 0 Å². The topological polar surface area (TPSA) is 101 Å². The Kier molecular flexibility index (Phi) is 10.7. The van der Waals surface area contributed by atoms with E-state index in [1.807, 2.05) is 0 Å². The standard InChI is InChI=1S/C32H35F3N4O4/c1-43-26-18-16-22(17-19-26)30(31(42)37-24-10-3-2-4-11-24)39(25-12-7-9-23(21-25)32(33,34)35)29(41)15-8-14-28(40)38-27-13-5-6-20-36-27/h5-7,9,12-13,16-21,24,30H,2-4,8,10-11,14-15H2,1H3,(H,37,42)(H,36,38,40)/t30-/m1/s1. The first-order chi connectivity index (χ1) is 20.7. The Morgan fingerprint density at radius 2 is 1.72 bits per heavy atom. The lowest BCUT2D eigenvalue weighted by molar-refractivity contribution is -0.137. The normalized spacial score (nSPS) is 14.4. The van der Waals surface area contributed by atoms with E-state index in [9.17, 15) is 27.6 Å². The third-order valence-electron chi connectivity index (χ3n) is 7.34. The molecule has 0 spiro atoms. The van der Waals surface area contributed by atoms with Gasteiger partial charge in [0.05, 0.1) is 12.7 Å². The fourth-order valence-corrected chi connectivity index (χ4v) is 5.16. The zero-order valence-corrected chi connectivity index (χ0v) is 23.9. The molecule has 0 saturated heterocycles. The number of anilines is 2. The summed E-state index contributed by atoms with van der Waals surface area (Å²) in [6.07, 6.45) is 1.30. The first-order valence-electron chi connectivity index (χ1n) is 14.3. The van der Waals surface area contributed by atoms with Crippen LogP contribution >= 0.6 is 0 Å². The van der Waals surface area contributed by atoms with Crippen molar-refractivity contribution in [3.63, 3.8) is 0 Å². The van der Waals surface area contributed by atoms with E-state index in [0.717, 1.165) is 49.1 Å².